The van der Waals surface area contributed by atoms with Crippen molar-refractivity contribution in [2.24, 2.45) is 0 Å². The number of hydrogen-bond acceptors (Lipinski definition) is 1. The summed E-state index contributed by atoms with van der Waals surface area (Å²) in [6.45, 7) is 3.87. The first-order chi connectivity index (χ1) is 8.13. The highest BCUT2D eigenvalue weighted by atomic mass is 79.9. The van der Waals surface area contributed by atoms with Gasteiger partial charge in [0.05, 0.1) is 6.04 Å². The first-order valence-corrected chi connectivity index (χ1v) is 6.28. The van der Waals surface area contributed by atoms with Gasteiger partial charge in [0, 0.05) is 10.5 Å². The molecule has 0 radical (unpaired) electrons. The summed E-state index contributed by atoms with van der Waals surface area (Å²) in [5, 5.41) is 2.90. The molecule has 0 aromatic heterocycles. The second kappa shape index (κ2) is 7.07. The Labute approximate surface area is 111 Å². The standard InChI is InChI=1S/C14H16BrNO/c1-3-4-5-9-14(17)16-11(2)12-7-6-8-13(15)10-12/h3-11H,1-2H3,(H,16,17)/b4-3+,9-5+/t11-/m1/s1. The molecule has 0 saturated heterocycles. The number of hydrogen-bond donors (Lipinski definition) is 1. The Hall–Kier alpha value is -1.35. The zero-order chi connectivity index (χ0) is 12.7. The number of allylic oxidation sites excluding steroid dienone is 3. The van der Waals surface area contributed by atoms with E-state index in [2.05, 4.69) is 21.2 Å². The minimum Gasteiger partial charge on any atom is -0.346 e. The van der Waals surface area contributed by atoms with Gasteiger partial charge in [-0.05, 0) is 31.5 Å². The molecular weight excluding hydrogens is 278 g/mol. The number of amides is 1. The highest BCUT2D eigenvalue weighted by Crippen LogP contribution is 2.17. The van der Waals surface area contributed by atoms with Gasteiger partial charge >= 0.3 is 0 Å². The van der Waals surface area contributed by atoms with E-state index in [1.807, 2.05) is 50.3 Å². The van der Waals surface area contributed by atoms with E-state index in [1.165, 1.54) is 6.08 Å². The van der Waals surface area contributed by atoms with Gasteiger partial charge in [-0.15, -0.1) is 0 Å². The Morgan fingerprint density at radius 3 is 2.82 bits per heavy atom. The molecule has 1 aromatic rings. The van der Waals surface area contributed by atoms with Crippen LogP contribution in [0.25, 0.3) is 0 Å². The fourth-order valence-corrected chi connectivity index (χ4v) is 1.79. The van der Waals surface area contributed by atoms with Crippen molar-refractivity contribution in [2.45, 2.75) is 19.9 Å². The Kier molecular flexibility index (Phi) is 5.70. The topological polar surface area (TPSA) is 29.1 Å². The predicted octanol–water partition coefficient (Wildman–Crippen LogP) is 3.76. The summed E-state index contributed by atoms with van der Waals surface area (Å²) in [4.78, 5) is 11.5. The quantitative estimate of drug-likeness (QED) is 0.665. The third-order valence-electron chi connectivity index (χ3n) is 2.26. The molecule has 0 fully saturated rings. The third kappa shape index (κ3) is 5.00. The van der Waals surface area contributed by atoms with E-state index in [0.29, 0.717) is 0 Å². The molecule has 0 aliphatic carbocycles. The SMILES string of the molecule is C/C=C/C=C/C(=O)N[C@H](C)c1cccc(Br)c1. The zero-order valence-electron chi connectivity index (χ0n) is 9.98. The molecule has 1 amide bonds. The lowest BCUT2D eigenvalue weighted by Gasteiger charge is -2.13. The molecule has 0 aliphatic heterocycles. The van der Waals surface area contributed by atoms with Gasteiger partial charge in [0.2, 0.25) is 5.91 Å². The summed E-state index contributed by atoms with van der Waals surface area (Å²) in [5.41, 5.74) is 1.08. The van der Waals surface area contributed by atoms with Gasteiger partial charge in [-0.3, -0.25) is 4.79 Å². The summed E-state index contributed by atoms with van der Waals surface area (Å²) < 4.78 is 1.01. The molecule has 1 N–H and O–H groups in total. The molecule has 2 nitrogen and oxygen atoms in total. The fourth-order valence-electron chi connectivity index (χ4n) is 1.37. The molecule has 0 saturated carbocycles. The Morgan fingerprint density at radius 1 is 1.41 bits per heavy atom. The average molecular weight is 294 g/mol. The maximum Gasteiger partial charge on any atom is 0.244 e. The van der Waals surface area contributed by atoms with Crippen LogP contribution < -0.4 is 5.32 Å². The van der Waals surface area contributed by atoms with Crippen LogP contribution in [-0.4, -0.2) is 5.91 Å². The lowest BCUT2D eigenvalue weighted by atomic mass is 10.1. The maximum atomic E-state index is 11.5. The third-order valence-corrected chi connectivity index (χ3v) is 2.75. The monoisotopic (exact) mass is 293 g/mol. The van der Waals surface area contributed by atoms with Crippen LogP contribution in [0.15, 0.2) is 53.0 Å². The smallest absolute Gasteiger partial charge is 0.244 e. The normalized spacial score (nSPS) is 13.1. The molecular formula is C14H16BrNO. The van der Waals surface area contributed by atoms with Gasteiger partial charge < -0.3 is 5.32 Å². The predicted molar refractivity (Wildman–Crippen MR) is 74.7 cm³/mol. The van der Waals surface area contributed by atoms with Gasteiger partial charge in [0.1, 0.15) is 0 Å². The van der Waals surface area contributed by atoms with Crippen LogP contribution in [0.2, 0.25) is 0 Å². The van der Waals surface area contributed by atoms with Gasteiger partial charge in [0.25, 0.3) is 0 Å². The molecule has 1 aromatic carbocycles. The van der Waals surface area contributed by atoms with Crippen molar-refractivity contribution in [3.05, 3.63) is 58.6 Å². The highest BCUT2D eigenvalue weighted by Gasteiger charge is 2.07. The van der Waals surface area contributed by atoms with E-state index in [9.17, 15) is 4.79 Å². The van der Waals surface area contributed by atoms with Crippen LogP contribution in [0, 0.1) is 0 Å². The van der Waals surface area contributed by atoms with Crippen molar-refractivity contribution >= 4 is 21.8 Å². The van der Waals surface area contributed by atoms with E-state index in [-0.39, 0.29) is 11.9 Å². The van der Waals surface area contributed by atoms with E-state index < -0.39 is 0 Å². The number of halogens is 1. The maximum absolute atomic E-state index is 11.5. The fraction of sp³-hybridized carbons (Fsp3) is 0.214. The molecule has 3 heteroatoms. The van der Waals surface area contributed by atoms with Crippen molar-refractivity contribution in [1.82, 2.24) is 5.32 Å². The first kappa shape index (κ1) is 13.7. The van der Waals surface area contributed by atoms with E-state index >= 15 is 0 Å². The van der Waals surface area contributed by atoms with Crippen LogP contribution in [0.1, 0.15) is 25.5 Å². The Balaban J connectivity index is 2.60. The van der Waals surface area contributed by atoms with Crippen LogP contribution in [0.5, 0.6) is 0 Å². The molecule has 0 heterocycles. The summed E-state index contributed by atoms with van der Waals surface area (Å²) in [5.74, 6) is -0.0874. The van der Waals surface area contributed by atoms with Crippen molar-refractivity contribution in [3.63, 3.8) is 0 Å². The molecule has 0 bridgehead atoms. The zero-order valence-corrected chi connectivity index (χ0v) is 11.6. The van der Waals surface area contributed by atoms with Crippen LogP contribution in [-0.2, 0) is 4.79 Å². The van der Waals surface area contributed by atoms with Gasteiger partial charge in [-0.1, -0.05) is 46.3 Å². The second-order valence-corrected chi connectivity index (χ2v) is 4.59. The molecule has 1 rings (SSSR count). The molecule has 17 heavy (non-hydrogen) atoms. The number of carbonyl (C=O) groups is 1. The summed E-state index contributed by atoms with van der Waals surface area (Å²) in [6.07, 6.45) is 6.95. The van der Waals surface area contributed by atoms with E-state index in [1.54, 1.807) is 6.08 Å². The van der Waals surface area contributed by atoms with Gasteiger partial charge in [-0.25, -0.2) is 0 Å². The minimum absolute atomic E-state index is 0.00439. The minimum atomic E-state index is -0.0874. The molecule has 0 unspecified atom stereocenters. The number of nitrogens with one attached hydrogen (secondary N) is 1. The number of benzene rings is 1. The number of carbonyl (C=O) groups excluding carboxylic acids is 1. The van der Waals surface area contributed by atoms with Crippen molar-refractivity contribution in [1.29, 1.82) is 0 Å². The molecule has 0 aliphatic rings. The van der Waals surface area contributed by atoms with E-state index in [0.717, 1.165) is 10.0 Å². The first-order valence-electron chi connectivity index (χ1n) is 5.49. The molecule has 0 spiro atoms. The summed E-state index contributed by atoms with van der Waals surface area (Å²) >= 11 is 3.41. The van der Waals surface area contributed by atoms with Crippen LogP contribution in [0.3, 0.4) is 0 Å². The average Bonchev–Trinajstić information content (AvgIpc) is 2.29. The number of rotatable bonds is 4. The summed E-state index contributed by atoms with van der Waals surface area (Å²) in [7, 11) is 0. The Morgan fingerprint density at radius 2 is 2.18 bits per heavy atom. The van der Waals surface area contributed by atoms with Crippen molar-refractivity contribution in [2.75, 3.05) is 0 Å². The Bertz CT molecular complexity index is 438. The lowest BCUT2D eigenvalue weighted by Crippen LogP contribution is -2.24. The van der Waals surface area contributed by atoms with Crippen molar-refractivity contribution in [3.8, 4) is 0 Å². The summed E-state index contributed by atoms with van der Waals surface area (Å²) in [6, 6.07) is 7.91. The van der Waals surface area contributed by atoms with E-state index in [4.69, 9.17) is 0 Å². The lowest BCUT2D eigenvalue weighted by molar-refractivity contribution is -0.117. The van der Waals surface area contributed by atoms with Crippen LogP contribution >= 0.6 is 15.9 Å². The van der Waals surface area contributed by atoms with Crippen molar-refractivity contribution < 1.29 is 4.79 Å². The van der Waals surface area contributed by atoms with Gasteiger partial charge in [-0.2, -0.15) is 0 Å². The highest BCUT2D eigenvalue weighted by molar-refractivity contribution is 9.10. The molecule has 90 valence electrons. The molecule has 1 atom stereocenters. The van der Waals surface area contributed by atoms with Gasteiger partial charge in [0.15, 0.2) is 0 Å². The largest absolute Gasteiger partial charge is 0.346 e. The van der Waals surface area contributed by atoms with Crippen LogP contribution in [0.4, 0.5) is 0 Å². The second-order valence-electron chi connectivity index (χ2n) is 3.67.